The Morgan fingerprint density at radius 3 is 2.93 bits per heavy atom. The number of rotatable bonds is 2. The summed E-state index contributed by atoms with van der Waals surface area (Å²) in [5.41, 5.74) is 0. The molecule has 0 aromatic carbocycles. The summed E-state index contributed by atoms with van der Waals surface area (Å²) in [5.74, 6) is 0.298. The Kier molecular flexibility index (Phi) is 3.01. The molecule has 2 aromatic heterocycles. The summed E-state index contributed by atoms with van der Waals surface area (Å²) in [6.45, 7) is 1.78. The van der Waals surface area contributed by atoms with Gasteiger partial charge in [0, 0.05) is 10.7 Å². The first-order chi connectivity index (χ1) is 7.15. The van der Waals surface area contributed by atoms with E-state index in [1.807, 2.05) is 0 Å². The van der Waals surface area contributed by atoms with Crippen LogP contribution >= 0.6 is 27.7 Å². The van der Waals surface area contributed by atoms with Crippen LogP contribution in [0.4, 0.5) is 4.39 Å². The topological polar surface area (TPSA) is 54.5 Å². The Morgan fingerprint density at radius 1 is 1.53 bits per heavy atom. The lowest BCUT2D eigenvalue weighted by Gasteiger charge is -1.98. The normalized spacial score (nSPS) is 10.6. The Morgan fingerprint density at radius 2 is 2.33 bits per heavy atom. The van der Waals surface area contributed by atoms with Gasteiger partial charge in [0.05, 0.1) is 0 Å². The van der Waals surface area contributed by atoms with Crippen LogP contribution in [0.2, 0.25) is 0 Å². The van der Waals surface area contributed by atoms with Gasteiger partial charge in [0.2, 0.25) is 5.16 Å². The molecule has 0 bridgehead atoms. The molecule has 2 heterocycles. The molecule has 15 heavy (non-hydrogen) atoms. The number of H-pyrrole nitrogens is 1. The largest absolute Gasteiger partial charge is 0.262 e. The van der Waals surface area contributed by atoms with Crippen LogP contribution in [0.15, 0.2) is 26.9 Å². The van der Waals surface area contributed by atoms with Gasteiger partial charge in [0.25, 0.3) is 0 Å². The summed E-state index contributed by atoms with van der Waals surface area (Å²) in [4.78, 5) is 7.98. The quantitative estimate of drug-likeness (QED) is 0.923. The Labute approximate surface area is 97.8 Å². The van der Waals surface area contributed by atoms with E-state index >= 15 is 0 Å². The van der Waals surface area contributed by atoms with Crippen molar-refractivity contribution in [1.29, 1.82) is 0 Å². The molecule has 0 saturated heterocycles. The monoisotopic (exact) mass is 288 g/mol. The Hall–Kier alpha value is -0.950. The van der Waals surface area contributed by atoms with Crippen molar-refractivity contribution in [1.82, 2.24) is 20.2 Å². The molecule has 4 nitrogen and oxygen atoms in total. The van der Waals surface area contributed by atoms with Gasteiger partial charge in [0.15, 0.2) is 5.82 Å². The minimum absolute atomic E-state index is 0.261. The summed E-state index contributed by atoms with van der Waals surface area (Å²) >= 11 is 4.22. The third-order valence-corrected chi connectivity index (χ3v) is 2.83. The first kappa shape index (κ1) is 10.6. The van der Waals surface area contributed by atoms with Crippen LogP contribution < -0.4 is 0 Å². The molecule has 0 saturated carbocycles. The Balaban J connectivity index is 2.24. The van der Waals surface area contributed by atoms with Gasteiger partial charge in [-0.2, -0.15) is 0 Å². The molecular weight excluding hydrogens is 283 g/mol. The van der Waals surface area contributed by atoms with Gasteiger partial charge in [0.1, 0.15) is 10.9 Å². The van der Waals surface area contributed by atoms with Crippen molar-refractivity contribution < 1.29 is 4.39 Å². The van der Waals surface area contributed by atoms with Crippen molar-refractivity contribution in [2.45, 2.75) is 17.1 Å². The molecule has 2 aromatic rings. The number of aryl methyl sites for hydroxylation is 1. The molecule has 78 valence electrons. The summed E-state index contributed by atoms with van der Waals surface area (Å²) in [6, 6.07) is 1.36. The van der Waals surface area contributed by atoms with Crippen molar-refractivity contribution in [2.24, 2.45) is 0 Å². The number of nitrogens with zero attached hydrogens (tertiary/aromatic N) is 3. The van der Waals surface area contributed by atoms with E-state index in [0.717, 1.165) is 11.8 Å². The highest BCUT2D eigenvalue weighted by atomic mass is 79.9. The zero-order valence-electron chi connectivity index (χ0n) is 7.66. The van der Waals surface area contributed by atoms with E-state index in [1.54, 1.807) is 6.92 Å². The molecule has 0 spiro atoms. The van der Waals surface area contributed by atoms with Crippen LogP contribution in [0.1, 0.15) is 5.82 Å². The van der Waals surface area contributed by atoms with Crippen molar-refractivity contribution >= 4 is 27.7 Å². The van der Waals surface area contributed by atoms with Crippen LogP contribution in [-0.4, -0.2) is 20.2 Å². The third kappa shape index (κ3) is 2.54. The summed E-state index contributed by atoms with van der Waals surface area (Å²) < 4.78 is 14.0. The number of halogens is 2. The highest BCUT2D eigenvalue weighted by Crippen LogP contribution is 2.26. The SMILES string of the molecule is Cc1nc(Sc2ncc(Br)cc2F)n[nH]1. The lowest BCUT2D eigenvalue weighted by Crippen LogP contribution is -1.87. The number of pyridine rings is 1. The fourth-order valence-electron chi connectivity index (χ4n) is 0.931. The van der Waals surface area contributed by atoms with E-state index in [4.69, 9.17) is 0 Å². The Bertz CT molecular complexity index is 487. The van der Waals surface area contributed by atoms with E-state index in [9.17, 15) is 4.39 Å². The maximum Gasteiger partial charge on any atom is 0.214 e. The van der Waals surface area contributed by atoms with Crippen molar-refractivity contribution in [3.8, 4) is 0 Å². The first-order valence-corrected chi connectivity index (χ1v) is 5.64. The average Bonchev–Trinajstić information content (AvgIpc) is 2.56. The second-order valence-corrected chi connectivity index (χ2v) is 4.62. The highest BCUT2D eigenvalue weighted by molar-refractivity contribution is 9.10. The first-order valence-electron chi connectivity index (χ1n) is 4.03. The summed E-state index contributed by atoms with van der Waals surface area (Å²) in [6.07, 6.45) is 1.53. The fourth-order valence-corrected chi connectivity index (χ4v) is 1.94. The molecule has 0 aliphatic carbocycles. The van der Waals surface area contributed by atoms with Gasteiger partial charge < -0.3 is 0 Å². The molecule has 7 heteroatoms. The van der Waals surface area contributed by atoms with Gasteiger partial charge in [-0.25, -0.2) is 14.4 Å². The molecule has 0 atom stereocenters. The van der Waals surface area contributed by atoms with Crippen molar-refractivity contribution in [3.63, 3.8) is 0 Å². The van der Waals surface area contributed by atoms with Gasteiger partial charge >= 0.3 is 0 Å². The molecule has 0 radical (unpaired) electrons. The third-order valence-electron chi connectivity index (χ3n) is 1.54. The van der Waals surface area contributed by atoms with Crippen LogP contribution in [0, 0.1) is 12.7 Å². The van der Waals surface area contributed by atoms with Crippen LogP contribution in [0.5, 0.6) is 0 Å². The fraction of sp³-hybridized carbons (Fsp3) is 0.125. The molecule has 0 aliphatic rings. The van der Waals surface area contributed by atoms with E-state index in [0.29, 0.717) is 15.5 Å². The maximum atomic E-state index is 13.4. The van der Waals surface area contributed by atoms with E-state index in [1.165, 1.54) is 12.3 Å². The van der Waals surface area contributed by atoms with Crippen molar-refractivity contribution in [3.05, 3.63) is 28.4 Å². The van der Waals surface area contributed by atoms with Crippen LogP contribution in [0.3, 0.4) is 0 Å². The number of nitrogens with one attached hydrogen (secondary N) is 1. The van der Waals surface area contributed by atoms with Gasteiger partial charge in [-0.05, 0) is 40.7 Å². The highest BCUT2D eigenvalue weighted by Gasteiger charge is 2.09. The van der Waals surface area contributed by atoms with Gasteiger partial charge in [-0.1, -0.05) is 0 Å². The summed E-state index contributed by atoms with van der Waals surface area (Å²) in [7, 11) is 0. The van der Waals surface area contributed by atoms with E-state index in [-0.39, 0.29) is 5.03 Å². The molecule has 0 aliphatic heterocycles. The molecule has 0 amide bonds. The molecule has 1 N–H and O–H groups in total. The predicted octanol–water partition coefficient (Wildman–Crippen LogP) is 2.56. The minimum atomic E-state index is -0.392. The zero-order chi connectivity index (χ0) is 10.8. The van der Waals surface area contributed by atoms with Crippen LogP contribution in [0.25, 0.3) is 0 Å². The number of aromatic amines is 1. The lowest BCUT2D eigenvalue weighted by molar-refractivity contribution is 0.586. The predicted molar refractivity (Wildman–Crippen MR) is 57.1 cm³/mol. The number of hydrogen-bond donors (Lipinski definition) is 1. The number of hydrogen-bond acceptors (Lipinski definition) is 4. The summed E-state index contributed by atoms with van der Waals surface area (Å²) in [5, 5.41) is 7.28. The second kappa shape index (κ2) is 4.28. The van der Waals surface area contributed by atoms with E-state index in [2.05, 4.69) is 36.1 Å². The zero-order valence-corrected chi connectivity index (χ0v) is 10.1. The van der Waals surface area contributed by atoms with Crippen molar-refractivity contribution in [2.75, 3.05) is 0 Å². The van der Waals surface area contributed by atoms with Crippen LogP contribution in [-0.2, 0) is 0 Å². The molecule has 0 fully saturated rings. The second-order valence-electron chi connectivity index (χ2n) is 2.75. The minimum Gasteiger partial charge on any atom is -0.262 e. The molecule has 2 rings (SSSR count). The smallest absolute Gasteiger partial charge is 0.214 e. The van der Waals surface area contributed by atoms with Gasteiger partial charge in [-0.15, -0.1) is 5.10 Å². The maximum absolute atomic E-state index is 13.4. The standard InChI is InChI=1S/C8H6BrFN4S/c1-4-12-8(14-13-4)15-7-6(10)2-5(9)3-11-7/h2-3H,1H3,(H,12,13,14). The molecule has 0 unspecified atom stereocenters. The lowest BCUT2D eigenvalue weighted by atomic mass is 10.5. The van der Waals surface area contributed by atoms with E-state index < -0.39 is 5.82 Å². The molecular formula is C8H6BrFN4S. The number of aromatic nitrogens is 4. The van der Waals surface area contributed by atoms with Gasteiger partial charge in [-0.3, -0.25) is 5.10 Å². The average molecular weight is 289 g/mol.